The molecule has 0 saturated heterocycles. The summed E-state index contributed by atoms with van der Waals surface area (Å²) < 4.78 is 0. The summed E-state index contributed by atoms with van der Waals surface area (Å²) >= 11 is 0. The van der Waals surface area contributed by atoms with Crippen LogP contribution in [0.1, 0.15) is 30.5 Å². The van der Waals surface area contributed by atoms with Crippen LogP contribution >= 0.6 is 0 Å². The van der Waals surface area contributed by atoms with E-state index in [9.17, 15) is 9.59 Å². The second-order valence-corrected chi connectivity index (χ2v) is 4.93. The lowest BCUT2D eigenvalue weighted by molar-refractivity contribution is -0.140. The molecule has 1 aromatic rings. The van der Waals surface area contributed by atoms with Gasteiger partial charge in [-0.05, 0) is 25.8 Å². The lowest BCUT2D eigenvalue weighted by Gasteiger charge is -2.14. The van der Waals surface area contributed by atoms with Crippen LogP contribution in [0, 0.1) is 18.8 Å². The summed E-state index contributed by atoms with van der Waals surface area (Å²) in [5, 5.41) is 11.6. The van der Waals surface area contributed by atoms with Crippen molar-refractivity contribution in [2.24, 2.45) is 11.8 Å². The molecule has 2 rings (SSSR count). The average molecular weight is 247 g/mol. The minimum absolute atomic E-state index is 0.0897. The molecule has 0 aromatic heterocycles. The molecule has 1 saturated carbocycles. The Bertz CT molecular complexity index is 466. The molecule has 4 heteroatoms. The van der Waals surface area contributed by atoms with Crippen LogP contribution in [0.3, 0.4) is 0 Å². The SMILES string of the molecule is Cc1ccc([C@H](C)NC(=O)[C@@H]2C[C@@H]2C(=O)O)cc1. The number of carboxylic acids is 1. The lowest BCUT2D eigenvalue weighted by Crippen LogP contribution is -2.29. The van der Waals surface area contributed by atoms with Crippen LogP contribution in [-0.2, 0) is 9.59 Å². The Kier molecular flexibility index (Phi) is 3.36. The molecule has 4 nitrogen and oxygen atoms in total. The van der Waals surface area contributed by atoms with Crippen LogP contribution < -0.4 is 5.32 Å². The molecule has 0 aliphatic heterocycles. The Balaban J connectivity index is 1.92. The molecule has 96 valence electrons. The Hall–Kier alpha value is -1.84. The normalized spacial score (nSPS) is 23.2. The maximum absolute atomic E-state index is 11.8. The molecule has 0 heterocycles. The fraction of sp³-hybridized carbons (Fsp3) is 0.429. The molecular weight excluding hydrogens is 230 g/mol. The molecule has 0 radical (unpaired) electrons. The molecule has 3 atom stereocenters. The monoisotopic (exact) mass is 247 g/mol. The highest BCUT2D eigenvalue weighted by molar-refractivity contribution is 5.89. The maximum Gasteiger partial charge on any atom is 0.307 e. The van der Waals surface area contributed by atoms with Crippen LogP contribution in [0.25, 0.3) is 0 Å². The zero-order valence-electron chi connectivity index (χ0n) is 10.5. The summed E-state index contributed by atoms with van der Waals surface area (Å²) in [6, 6.07) is 7.85. The molecule has 18 heavy (non-hydrogen) atoms. The number of aryl methyl sites for hydroxylation is 1. The lowest BCUT2D eigenvalue weighted by atomic mass is 10.1. The fourth-order valence-corrected chi connectivity index (χ4v) is 2.02. The fourth-order valence-electron chi connectivity index (χ4n) is 2.02. The number of carboxylic acid groups (broad SMARTS) is 1. The number of hydrogen-bond acceptors (Lipinski definition) is 2. The van der Waals surface area contributed by atoms with Gasteiger partial charge in [-0.2, -0.15) is 0 Å². The summed E-state index contributed by atoms with van der Waals surface area (Å²) in [6.07, 6.45) is 0.460. The first kappa shape index (κ1) is 12.6. The van der Waals surface area contributed by atoms with Gasteiger partial charge in [0.25, 0.3) is 0 Å². The van der Waals surface area contributed by atoms with Crippen molar-refractivity contribution in [2.45, 2.75) is 26.3 Å². The van der Waals surface area contributed by atoms with Crippen molar-refractivity contribution in [2.75, 3.05) is 0 Å². The number of carbonyl (C=O) groups excluding carboxylic acids is 1. The Morgan fingerprint density at radius 1 is 1.28 bits per heavy atom. The molecule has 1 aliphatic rings. The van der Waals surface area contributed by atoms with Gasteiger partial charge in [0.1, 0.15) is 0 Å². The Morgan fingerprint density at radius 3 is 2.39 bits per heavy atom. The summed E-state index contributed by atoms with van der Waals surface area (Å²) in [5.74, 6) is -1.88. The zero-order valence-corrected chi connectivity index (χ0v) is 10.5. The maximum atomic E-state index is 11.8. The van der Waals surface area contributed by atoms with Gasteiger partial charge in [-0.1, -0.05) is 29.8 Å². The second kappa shape index (κ2) is 4.80. The van der Waals surface area contributed by atoms with Crippen LogP contribution in [0.4, 0.5) is 0 Å². The van der Waals surface area contributed by atoms with Crippen molar-refractivity contribution in [3.8, 4) is 0 Å². The van der Waals surface area contributed by atoms with Crippen LogP contribution in [-0.4, -0.2) is 17.0 Å². The number of amides is 1. The van der Waals surface area contributed by atoms with E-state index < -0.39 is 11.9 Å². The molecule has 0 spiro atoms. The number of nitrogens with one attached hydrogen (secondary N) is 1. The van der Waals surface area contributed by atoms with E-state index in [0.29, 0.717) is 6.42 Å². The molecule has 1 aromatic carbocycles. The number of rotatable bonds is 4. The van der Waals surface area contributed by atoms with E-state index in [0.717, 1.165) is 5.56 Å². The van der Waals surface area contributed by atoms with Gasteiger partial charge < -0.3 is 10.4 Å². The van der Waals surface area contributed by atoms with Gasteiger partial charge in [-0.15, -0.1) is 0 Å². The van der Waals surface area contributed by atoms with Crippen LogP contribution in [0.2, 0.25) is 0 Å². The highest BCUT2D eigenvalue weighted by atomic mass is 16.4. The molecule has 2 N–H and O–H groups in total. The van der Waals surface area contributed by atoms with E-state index >= 15 is 0 Å². The van der Waals surface area contributed by atoms with Crippen molar-refractivity contribution in [3.63, 3.8) is 0 Å². The van der Waals surface area contributed by atoms with Crippen LogP contribution in [0.15, 0.2) is 24.3 Å². The minimum atomic E-state index is -0.877. The van der Waals surface area contributed by atoms with E-state index in [1.807, 2.05) is 38.1 Å². The predicted molar refractivity (Wildman–Crippen MR) is 67.0 cm³/mol. The first-order valence-corrected chi connectivity index (χ1v) is 6.09. The summed E-state index contributed by atoms with van der Waals surface area (Å²) in [7, 11) is 0. The quantitative estimate of drug-likeness (QED) is 0.853. The Morgan fingerprint density at radius 2 is 1.89 bits per heavy atom. The first-order valence-electron chi connectivity index (χ1n) is 6.09. The van der Waals surface area contributed by atoms with E-state index in [1.54, 1.807) is 0 Å². The molecule has 1 aliphatic carbocycles. The molecule has 1 fully saturated rings. The third-order valence-electron chi connectivity index (χ3n) is 3.38. The highest BCUT2D eigenvalue weighted by Crippen LogP contribution is 2.39. The van der Waals surface area contributed by atoms with E-state index in [1.165, 1.54) is 5.56 Å². The van der Waals surface area contributed by atoms with E-state index in [-0.39, 0.29) is 17.9 Å². The van der Waals surface area contributed by atoms with Gasteiger partial charge in [0.15, 0.2) is 0 Å². The van der Waals surface area contributed by atoms with Crippen molar-refractivity contribution in [1.29, 1.82) is 0 Å². The average Bonchev–Trinajstić information content (AvgIpc) is 3.09. The molecule has 0 bridgehead atoms. The topological polar surface area (TPSA) is 66.4 Å². The molecule has 0 unspecified atom stereocenters. The summed E-state index contributed by atoms with van der Waals surface area (Å²) in [5.41, 5.74) is 2.20. The predicted octanol–water partition coefficient (Wildman–Crippen LogP) is 1.89. The van der Waals surface area contributed by atoms with Gasteiger partial charge in [0.05, 0.1) is 17.9 Å². The summed E-state index contributed by atoms with van der Waals surface area (Å²) in [6.45, 7) is 3.91. The number of benzene rings is 1. The molecule has 1 amide bonds. The third kappa shape index (κ3) is 2.70. The van der Waals surface area contributed by atoms with Crippen molar-refractivity contribution in [1.82, 2.24) is 5.32 Å². The van der Waals surface area contributed by atoms with Crippen LogP contribution in [0.5, 0.6) is 0 Å². The number of aliphatic carboxylic acids is 1. The molecular formula is C14H17NO3. The van der Waals surface area contributed by atoms with Crippen molar-refractivity contribution in [3.05, 3.63) is 35.4 Å². The van der Waals surface area contributed by atoms with E-state index in [4.69, 9.17) is 5.11 Å². The van der Waals surface area contributed by atoms with E-state index in [2.05, 4.69) is 5.32 Å². The second-order valence-electron chi connectivity index (χ2n) is 4.93. The third-order valence-corrected chi connectivity index (χ3v) is 3.38. The highest BCUT2D eigenvalue weighted by Gasteiger charge is 2.48. The van der Waals surface area contributed by atoms with Gasteiger partial charge in [0.2, 0.25) is 5.91 Å². The summed E-state index contributed by atoms with van der Waals surface area (Å²) in [4.78, 5) is 22.5. The minimum Gasteiger partial charge on any atom is -0.481 e. The number of hydrogen-bond donors (Lipinski definition) is 2. The smallest absolute Gasteiger partial charge is 0.307 e. The van der Waals surface area contributed by atoms with Gasteiger partial charge in [0, 0.05) is 0 Å². The largest absolute Gasteiger partial charge is 0.481 e. The zero-order chi connectivity index (χ0) is 13.3. The first-order chi connectivity index (χ1) is 8.49. The van der Waals surface area contributed by atoms with Crippen molar-refractivity contribution >= 4 is 11.9 Å². The van der Waals surface area contributed by atoms with Gasteiger partial charge in [-0.3, -0.25) is 9.59 Å². The van der Waals surface area contributed by atoms with Gasteiger partial charge in [-0.25, -0.2) is 0 Å². The number of carbonyl (C=O) groups is 2. The standard InChI is InChI=1S/C14H17NO3/c1-8-3-5-10(6-4-8)9(2)15-13(16)11-7-12(11)14(17)18/h3-6,9,11-12H,7H2,1-2H3,(H,15,16)(H,17,18)/t9-,11+,12-/m0/s1. The van der Waals surface area contributed by atoms with Crippen molar-refractivity contribution < 1.29 is 14.7 Å². The van der Waals surface area contributed by atoms with Gasteiger partial charge >= 0.3 is 5.97 Å². The Labute approximate surface area is 106 Å².